The molecule has 5 heavy (non-hydrogen) atoms. The standard InChI is InChI=1S/C3H6BrF/c1-3(4)2-5/h3H,2H2,1H3. The van der Waals surface area contributed by atoms with E-state index in [-0.39, 0.29) is 11.5 Å². The highest BCUT2D eigenvalue weighted by atomic mass is 79.9. The monoisotopic (exact) mass is 140 g/mol. The van der Waals surface area contributed by atoms with Crippen LogP contribution in [0.25, 0.3) is 0 Å². The number of alkyl halides is 2. The maximum absolute atomic E-state index is 11.1. The predicted molar refractivity (Wildman–Crippen MR) is 24.4 cm³/mol. The van der Waals surface area contributed by atoms with Gasteiger partial charge in [-0.2, -0.15) is 0 Å². The molecule has 0 aromatic rings. The minimum atomic E-state index is -0.278. The molecule has 0 aliphatic carbocycles. The van der Waals surface area contributed by atoms with Gasteiger partial charge in [0.1, 0.15) is 6.67 Å². The van der Waals surface area contributed by atoms with Gasteiger partial charge >= 0.3 is 0 Å². The van der Waals surface area contributed by atoms with E-state index >= 15 is 0 Å². The second kappa shape index (κ2) is 2.64. The van der Waals surface area contributed by atoms with Crippen molar-refractivity contribution in [3.05, 3.63) is 0 Å². The van der Waals surface area contributed by atoms with Gasteiger partial charge in [0, 0.05) is 4.83 Å². The van der Waals surface area contributed by atoms with Crippen molar-refractivity contribution in [1.29, 1.82) is 0 Å². The van der Waals surface area contributed by atoms with Crippen molar-refractivity contribution < 1.29 is 4.39 Å². The Morgan fingerprint density at radius 3 is 2.20 bits per heavy atom. The van der Waals surface area contributed by atoms with E-state index in [0.717, 1.165) is 0 Å². The zero-order chi connectivity index (χ0) is 4.28. The third kappa shape index (κ3) is 4.41. The van der Waals surface area contributed by atoms with Crippen LogP contribution in [-0.4, -0.2) is 11.5 Å². The first-order valence-corrected chi connectivity index (χ1v) is 2.39. The van der Waals surface area contributed by atoms with Crippen LogP contribution in [0.2, 0.25) is 0 Å². The molecule has 0 saturated heterocycles. The number of halogens is 2. The fourth-order valence-electron chi connectivity index (χ4n) is 0. The van der Waals surface area contributed by atoms with Crippen molar-refractivity contribution in [3.63, 3.8) is 0 Å². The molecule has 0 aromatic carbocycles. The Balaban J connectivity index is 2.54. The van der Waals surface area contributed by atoms with Crippen LogP contribution < -0.4 is 0 Å². The first kappa shape index (κ1) is 5.41. The number of hydrogen-bond donors (Lipinski definition) is 0. The molecule has 0 bridgehead atoms. The molecule has 0 N–H and O–H groups in total. The summed E-state index contributed by atoms with van der Waals surface area (Å²) in [5.74, 6) is 0. The van der Waals surface area contributed by atoms with Crippen LogP contribution in [0.4, 0.5) is 4.39 Å². The van der Waals surface area contributed by atoms with E-state index in [1.807, 2.05) is 0 Å². The van der Waals surface area contributed by atoms with Crippen LogP contribution >= 0.6 is 15.9 Å². The van der Waals surface area contributed by atoms with Crippen LogP contribution in [0, 0.1) is 0 Å². The Hall–Kier alpha value is 0.410. The largest absolute Gasteiger partial charge is 0.250 e. The average molecular weight is 141 g/mol. The summed E-state index contributed by atoms with van der Waals surface area (Å²) in [7, 11) is 0. The van der Waals surface area contributed by atoms with Crippen LogP contribution in [0.1, 0.15) is 6.92 Å². The summed E-state index contributed by atoms with van der Waals surface area (Å²) >= 11 is 3.00. The van der Waals surface area contributed by atoms with Crippen LogP contribution in [-0.2, 0) is 0 Å². The summed E-state index contributed by atoms with van der Waals surface area (Å²) in [4.78, 5) is 0.0301. The van der Waals surface area contributed by atoms with E-state index in [0.29, 0.717) is 0 Å². The quantitative estimate of drug-likeness (QED) is 0.488. The van der Waals surface area contributed by atoms with Gasteiger partial charge in [0.15, 0.2) is 0 Å². The first-order chi connectivity index (χ1) is 2.27. The number of rotatable bonds is 1. The molecule has 0 rings (SSSR count). The molecule has 0 aliphatic heterocycles. The molecule has 0 radical (unpaired) electrons. The Morgan fingerprint density at radius 2 is 2.20 bits per heavy atom. The summed E-state index contributed by atoms with van der Waals surface area (Å²) in [6.45, 7) is 1.49. The van der Waals surface area contributed by atoms with E-state index in [1.54, 1.807) is 6.92 Å². The predicted octanol–water partition coefficient (Wildman–Crippen LogP) is 1.74. The van der Waals surface area contributed by atoms with Gasteiger partial charge in [0.2, 0.25) is 0 Å². The fourth-order valence-corrected chi connectivity index (χ4v) is 0. The smallest absolute Gasteiger partial charge is 0.102 e. The summed E-state index contributed by atoms with van der Waals surface area (Å²) in [5.41, 5.74) is 0. The molecule has 0 aromatic heterocycles. The molecule has 32 valence electrons. The van der Waals surface area contributed by atoms with Gasteiger partial charge in [0.25, 0.3) is 0 Å². The lowest BCUT2D eigenvalue weighted by atomic mass is 10.6. The topological polar surface area (TPSA) is 0 Å². The summed E-state index contributed by atoms with van der Waals surface area (Å²) < 4.78 is 11.1. The maximum atomic E-state index is 11.1. The Bertz CT molecular complexity index is 20.9. The van der Waals surface area contributed by atoms with E-state index in [2.05, 4.69) is 15.9 Å². The molecule has 0 spiro atoms. The minimum absolute atomic E-state index is 0.0301. The van der Waals surface area contributed by atoms with Gasteiger partial charge in [-0.3, -0.25) is 0 Å². The molecule has 2 heteroatoms. The Morgan fingerprint density at radius 1 is 2.00 bits per heavy atom. The zero-order valence-corrected chi connectivity index (χ0v) is 4.63. The molecule has 0 aliphatic rings. The van der Waals surface area contributed by atoms with Gasteiger partial charge < -0.3 is 0 Å². The lowest BCUT2D eigenvalue weighted by Crippen LogP contribution is -1.88. The molecule has 0 heterocycles. The van der Waals surface area contributed by atoms with E-state index < -0.39 is 0 Å². The molecular formula is C3H6BrF. The normalized spacial score (nSPS) is 15.0. The fraction of sp³-hybridized carbons (Fsp3) is 1.00. The van der Waals surface area contributed by atoms with Crippen molar-refractivity contribution in [1.82, 2.24) is 0 Å². The van der Waals surface area contributed by atoms with Crippen molar-refractivity contribution in [2.75, 3.05) is 6.67 Å². The highest BCUT2D eigenvalue weighted by Crippen LogP contribution is 1.94. The maximum Gasteiger partial charge on any atom is 0.102 e. The van der Waals surface area contributed by atoms with Crippen molar-refractivity contribution in [3.8, 4) is 0 Å². The SMILES string of the molecule is CC(Br)CF. The molecular weight excluding hydrogens is 135 g/mol. The zero-order valence-electron chi connectivity index (χ0n) is 3.04. The highest BCUT2D eigenvalue weighted by Gasteiger charge is 1.86. The number of hydrogen-bond acceptors (Lipinski definition) is 0. The molecule has 0 saturated carbocycles. The van der Waals surface area contributed by atoms with Crippen LogP contribution in [0.5, 0.6) is 0 Å². The van der Waals surface area contributed by atoms with Crippen molar-refractivity contribution >= 4 is 15.9 Å². The third-order valence-electron chi connectivity index (χ3n) is 0.213. The third-order valence-corrected chi connectivity index (χ3v) is 0.457. The molecule has 1 atom stereocenters. The van der Waals surface area contributed by atoms with Crippen molar-refractivity contribution in [2.45, 2.75) is 11.8 Å². The Kier molecular flexibility index (Phi) is 2.85. The van der Waals surface area contributed by atoms with Crippen LogP contribution in [0.15, 0.2) is 0 Å². The van der Waals surface area contributed by atoms with Gasteiger partial charge in [-0.1, -0.05) is 22.9 Å². The summed E-state index contributed by atoms with van der Waals surface area (Å²) in [6, 6.07) is 0. The van der Waals surface area contributed by atoms with Crippen LogP contribution in [0.3, 0.4) is 0 Å². The molecule has 1 unspecified atom stereocenters. The molecule has 0 fully saturated rings. The van der Waals surface area contributed by atoms with E-state index in [1.165, 1.54) is 0 Å². The Labute approximate surface area is 39.5 Å². The molecule has 0 amide bonds. The summed E-state index contributed by atoms with van der Waals surface area (Å²) in [6.07, 6.45) is 0. The first-order valence-electron chi connectivity index (χ1n) is 1.47. The van der Waals surface area contributed by atoms with Gasteiger partial charge in [-0.05, 0) is 0 Å². The lowest BCUT2D eigenvalue weighted by Gasteiger charge is -1.84. The highest BCUT2D eigenvalue weighted by molar-refractivity contribution is 9.09. The van der Waals surface area contributed by atoms with Gasteiger partial charge in [-0.25, -0.2) is 4.39 Å². The second-order valence-electron chi connectivity index (χ2n) is 0.935. The second-order valence-corrected chi connectivity index (χ2v) is 2.50. The van der Waals surface area contributed by atoms with Crippen molar-refractivity contribution in [2.24, 2.45) is 0 Å². The lowest BCUT2D eigenvalue weighted by molar-refractivity contribution is 0.498. The summed E-state index contributed by atoms with van der Waals surface area (Å²) in [5, 5.41) is 0. The average Bonchev–Trinajstić information content (AvgIpc) is 1.38. The van der Waals surface area contributed by atoms with Gasteiger partial charge in [-0.15, -0.1) is 0 Å². The minimum Gasteiger partial charge on any atom is -0.250 e. The van der Waals surface area contributed by atoms with Gasteiger partial charge in [0.05, 0.1) is 0 Å². The molecule has 0 nitrogen and oxygen atoms in total. The van der Waals surface area contributed by atoms with E-state index in [4.69, 9.17) is 0 Å². The van der Waals surface area contributed by atoms with E-state index in [9.17, 15) is 4.39 Å².